The van der Waals surface area contributed by atoms with Gasteiger partial charge in [-0.3, -0.25) is 4.79 Å². The second-order valence-electron chi connectivity index (χ2n) is 4.69. The summed E-state index contributed by atoms with van der Waals surface area (Å²) >= 11 is 1.82. The Hall–Kier alpha value is -1.67. The van der Waals surface area contributed by atoms with Gasteiger partial charge in [0.05, 0.1) is 0 Å². The van der Waals surface area contributed by atoms with E-state index in [-0.39, 0.29) is 5.78 Å². The van der Waals surface area contributed by atoms with Crippen LogP contribution in [0.2, 0.25) is 0 Å². The first kappa shape index (κ1) is 11.4. The van der Waals surface area contributed by atoms with Crippen LogP contribution in [0.25, 0.3) is 20.9 Å². The molecule has 0 spiro atoms. The van der Waals surface area contributed by atoms with Crippen LogP contribution in [0, 0.1) is 13.8 Å². The Balaban J connectivity index is 2.61. The zero-order valence-corrected chi connectivity index (χ0v) is 11.5. The lowest BCUT2D eigenvalue weighted by Crippen LogP contribution is -1.93. The topological polar surface area (TPSA) is 17.1 Å². The van der Waals surface area contributed by atoms with Crippen LogP contribution in [0.3, 0.4) is 0 Å². The van der Waals surface area contributed by atoms with E-state index in [1.165, 1.54) is 25.9 Å². The summed E-state index contributed by atoms with van der Waals surface area (Å²) in [7, 11) is 0. The number of carbonyl (C=O) groups is 1. The maximum atomic E-state index is 11.8. The van der Waals surface area contributed by atoms with Gasteiger partial charge in [0.1, 0.15) is 0 Å². The maximum Gasteiger partial charge on any atom is 0.160 e. The van der Waals surface area contributed by atoms with Crippen molar-refractivity contribution in [2.45, 2.75) is 20.8 Å². The Bertz CT molecular complexity index is 780. The minimum Gasteiger partial charge on any atom is -0.294 e. The molecule has 0 radical (unpaired) electrons. The Kier molecular flexibility index (Phi) is 2.49. The third-order valence-corrected chi connectivity index (χ3v) is 4.82. The highest BCUT2D eigenvalue weighted by Gasteiger charge is 2.13. The van der Waals surface area contributed by atoms with Crippen LogP contribution in [0.1, 0.15) is 27.7 Å². The zero-order chi connectivity index (χ0) is 12.9. The molecule has 0 amide bonds. The largest absolute Gasteiger partial charge is 0.294 e. The van der Waals surface area contributed by atoms with Crippen molar-refractivity contribution in [1.82, 2.24) is 0 Å². The van der Waals surface area contributed by atoms with Gasteiger partial charge >= 0.3 is 0 Å². The smallest absolute Gasteiger partial charge is 0.160 e. The van der Waals surface area contributed by atoms with Crippen molar-refractivity contribution in [2.75, 3.05) is 0 Å². The summed E-state index contributed by atoms with van der Waals surface area (Å²) in [5.74, 6) is 0.136. The van der Waals surface area contributed by atoms with Crippen LogP contribution < -0.4 is 0 Å². The molecule has 3 aromatic rings. The molecular weight excluding hydrogens is 240 g/mol. The molecule has 0 saturated carbocycles. The molecule has 0 saturated heterocycles. The molecule has 0 aliphatic rings. The Morgan fingerprint density at radius 2 is 1.72 bits per heavy atom. The van der Waals surface area contributed by atoms with E-state index in [2.05, 4.69) is 26.0 Å². The molecule has 3 rings (SSSR count). The number of Topliss-reactive ketones (excluding diaryl/α,β-unsaturated/α-hetero) is 1. The van der Waals surface area contributed by atoms with Gasteiger partial charge in [-0.2, -0.15) is 0 Å². The molecule has 0 unspecified atom stereocenters. The van der Waals surface area contributed by atoms with Gasteiger partial charge in [0, 0.05) is 20.5 Å². The quantitative estimate of drug-likeness (QED) is 0.566. The molecule has 0 aliphatic carbocycles. The monoisotopic (exact) mass is 254 g/mol. The van der Waals surface area contributed by atoms with Crippen molar-refractivity contribution < 1.29 is 4.79 Å². The van der Waals surface area contributed by atoms with Gasteiger partial charge in [-0.15, -0.1) is 11.3 Å². The third-order valence-electron chi connectivity index (χ3n) is 3.56. The van der Waals surface area contributed by atoms with Crippen LogP contribution >= 0.6 is 11.3 Å². The summed E-state index contributed by atoms with van der Waals surface area (Å²) in [5.41, 5.74) is 2.13. The predicted octanol–water partition coefficient (Wildman–Crippen LogP) is 4.87. The van der Waals surface area contributed by atoms with Crippen molar-refractivity contribution in [3.63, 3.8) is 0 Å². The van der Waals surface area contributed by atoms with Crippen molar-refractivity contribution in [2.24, 2.45) is 0 Å². The summed E-state index contributed by atoms with van der Waals surface area (Å²) in [5, 5.41) is 3.49. The van der Waals surface area contributed by atoms with Crippen molar-refractivity contribution in [1.29, 1.82) is 0 Å². The average Bonchev–Trinajstić information content (AvgIpc) is 2.65. The Labute approximate surface area is 110 Å². The first-order chi connectivity index (χ1) is 8.59. The van der Waals surface area contributed by atoms with Crippen LogP contribution in [0.5, 0.6) is 0 Å². The first-order valence-electron chi connectivity index (χ1n) is 6.02. The van der Waals surface area contributed by atoms with Crippen LogP contribution in [-0.2, 0) is 0 Å². The SMILES string of the molecule is CC(=O)c1cc2c(C)c(C)sc2c2ccccc12. The Morgan fingerprint density at radius 1 is 1.06 bits per heavy atom. The van der Waals surface area contributed by atoms with Gasteiger partial charge in [0.2, 0.25) is 0 Å². The van der Waals surface area contributed by atoms with Gasteiger partial charge in [-0.25, -0.2) is 0 Å². The van der Waals surface area contributed by atoms with Gasteiger partial charge in [-0.1, -0.05) is 24.3 Å². The average molecular weight is 254 g/mol. The molecule has 18 heavy (non-hydrogen) atoms. The highest BCUT2D eigenvalue weighted by atomic mass is 32.1. The van der Waals surface area contributed by atoms with E-state index in [0.717, 1.165) is 10.9 Å². The van der Waals surface area contributed by atoms with E-state index in [1.807, 2.05) is 29.5 Å². The van der Waals surface area contributed by atoms with E-state index in [1.54, 1.807) is 6.92 Å². The highest BCUT2D eigenvalue weighted by molar-refractivity contribution is 7.20. The number of rotatable bonds is 1. The summed E-state index contributed by atoms with van der Waals surface area (Å²) in [6.45, 7) is 5.91. The predicted molar refractivity (Wildman–Crippen MR) is 78.8 cm³/mol. The summed E-state index contributed by atoms with van der Waals surface area (Å²) in [6, 6.07) is 10.2. The van der Waals surface area contributed by atoms with Crippen molar-refractivity contribution in [3.8, 4) is 0 Å². The number of benzene rings is 2. The number of fused-ring (bicyclic) bond motifs is 3. The van der Waals surface area contributed by atoms with Gasteiger partial charge in [0.15, 0.2) is 5.78 Å². The second-order valence-corrected chi connectivity index (χ2v) is 5.91. The molecule has 0 N–H and O–H groups in total. The number of aryl methyl sites for hydroxylation is 2. The molecule has 1 aromatic heterocycles. The molecule has 0 bridgehead atoms. The maximum absolute atomic E-state index is 11.8. The molecule has 90 valence electrons. The molecule has 1 heterocycles. The van der Waals surface area contributed by atoms with E-state index < -0.39 is 0 Å². The molecule has 1 nitrogen and oxygen atoms in total. The van der Waals surface area contributed by atoms with E-state index >= 15 is 0 Å². The van der Waals surface area contributed by atoms with Gasteiger partial charge in [0.25, 0.3) is 0 Å². The molecule has 0 aliphatic heterocycles. The van der Waals surface area contributed by atoms with E-state index in [0.29, 0.717) is 0 Å². The number of hydrogen-bond acceptors (Lipinski definition) is 2. The lowest BCUT2D eigenvalue weighted by Gasteiger charge is -2.05. The van der Waals surface area contributed by atoms with Crippen LogP contribution in [0.4, 0.5) is 0 Å². The second kappa shape index (κ2) is 3.92. The molecule has 2 heteroatoms. The first-order valence-corrected chi connectivity index (χ1v) is 6.83. The van der Waals surface area contributed by atoms with E-state index in [4.69, 9.17) is 0 Å². The number of thiophene rings is 1. The molecule has 2 aromatic carbocycles. The fourth-order valence-electron chi connectivity index (χ4n) is 2.45. The minimum absolute atomic E-state index is 0.136. The number of carbonyl (C=O) groups excluding carboxylic acids is 1. The molecular formula is C16H14OS. The van der Waals surface area contributed by atoms with E-state index in [9.17, 15) is 4.79 Å². The van der Waals surface area contributed by atoms with Crippen molar-refractivity contribution >= 4 is 38.0 Å². The zero-order valence-electron chi connectivity index (χ0n) is 10.7. The van der Waals surface area contributed by atoms with Gasteiger partial charge in [-0.05, 0) is 43.2 Å². The van der Waals surface area contributed by atoms with Crippen LogP contribution in [0.15, 0.2) is 30.3 Å². The summed E-state index contributed by atoms with van der Waals surface area (Å²) < 4.78 is 1.30. The minimum atomic E-state index is 0.136. The van der Waals surface area contributed by atoms with Crippen LogP contribution in [-0.4, -0.2) is 5.78 Å². The standard InChI is InChI=1S/C16H14OS/c1-9-11(3)18-16-13-7-5-4-6-12(13)15(10(2)17)8-14(9)16/h4-8H,1-3H3. The summed E-state index contributed by atoms with van der Waals surface area (Å²) in [4.78, 5) is 13.2. The van der Waals surface area contributed by atoms with Gasteiger partial charge < -0.3 is 0 Å². The summed E-state index contributed by atoms with van der Waals surface area (Å²) in [6.07, 6.45) is 0. The van der Waals surface area contributed by atoms with Crippen molar-refractivity contribution in [3.05, 3.63) is 46.3 Å². The highest BCUT2D eigenvalue weighted by Crippen LogP contribution is 2.37. The fourth-order valence-corrected chi connectivity index (χ4v) is 3.63. The fraction of sp³-hybridized carbons (Fsp3) is 0.188. The molecule has 0 fully saturated rings. The number of hydrogen-bond donors (Lipinski definition) is 0. The lowest BCUT2D eigenvalue weighted by atomic mass is 9.98. The lowest BCUT2D eigenvalue weighted by molar-refractivity contribution is 0.101. The third kappa shape index (κ3) is 1.49. The number of ketones is 1. The Morgan fingerprint density at radius 3 is 2.39 bits per heavy atom. The molecule has 0 atom stereocenters. The normalized spacial score (nSPS) is 11.3.